The van der Waals surface area contributed by atoms with Gasteiger partial charge in [-0.25, -0.2) is 4.79 Å². The van der Waals surface area contributed by atoms with Crippen LogP contribution >= 0.6 is 0 Å². The molecular formula is C19H33N7O9. The first kappa shape index (κ1) is 31.2. The van der Waals surface area contributed by atoms with E-state index >= 15 is 0 Å². The first-order valence-electron chi connectivity index (χ1n) is 10.7. The number of primary amides is 2. The topological polar surface area (TPSA) is 300 Å². The fourth-order valence-corrected chi connectivity index (χ4v) is 2.83. The zero-order valence-electron chi connectivity index (χ0n) is 19.0. The van der Waals surface area contributed by atoms with E-state index in [1.54, 1.807) is 0 Å². The Kier molecular flexibility index (Phi) is 14.2. The minimum atomic E-state index is -1.56. The predicted octanol–water partition coefficient (Wildman–Crippen LogP) is -4.40. The molecule has 4 atom stereocenters. The van der Waals surface area contributed by atoms with Crippen molar-refractivity contribution in [1.29, 1.82) is 0 Å². The molecule has 0 aromatic carbocycles. The van der Waals surface area contributed by atoms with Gasteiger partial charge >= 0.3 is 11.9 Å². The Morgan fingerprint density at radius 1 is 0.686 bits per heavy atom. The van der Waals surface area contributed by atoms with Crippen molar-refractivity contribution >= 4 is 41.5 Å². The van der Waals surface area contributed by atoms with Crippen molar-refractivity contribution in [2.45, 2.75) is 69.1 Å². The highest BCUT2D eigenvalue weighted by Crippen LogP contribution is 2.06. The smallest absolute Gasteiger partial charge is 0.326 e. The Balaban J connectivity index is 5.56. The van der Waals surface area contributed by atoms with Crippen molar-refractivity contribution in [3.8, 4) is 0 Å². The van der Waals surface area contributed by atoms with Gasteiger partial charge in [-0.1, -0.05) is 0 Å². The average molecular weight is 504 g/mol. The molecule has 0 fully saturated rings. The molecule has 0 bridgehead atoms. The van der Waals surface area contributed by atoms with Gasteiger partial charge < -0.3 is 49.1 Å². The van der Waals surface area contributed by atoms with Crippen LogP contribution in [0.1, 0.15) is 44.9 Å². The van der Waals surface area contributed by atoms with Crippen molar-refractivity contribution in [3.05, 3.63) is 0 Å². The third-order valence-corrected chi connectivity index (χ3v) is 4.64. The van der Waals surface area contributed by atoms with Crippen LogP contribution in [-0.4, -0.2) is 82.4 Å². The summed E-state index contributed by atoms with van der Waals surface area (Å²) < 4.78 is 0. The van der Waals surface area contributed by atoms with Crippen LogP contribution in [0.5, 0.6) is 0 Å². The van der Waals surface area contributed by atoms with Crippen LogP contribution in [0.3, 0.4) is 0 Å². The number of hydrogen-bond acceptors (Lipinski definition) is 9. The predicted molar refractivity (Wildman–Crippen MR) is 119 cm³/mol. The Labute approximate surface area is 200 Å². The van der Waals surface area contributed by atoms with E-state index in [4.69, 9.17) is 28.0 Å². The van der Waals surface area contributed by atoms with Crippen molar-refractivity contribution < 1.29 is 43.8 Å². The van der Waals surface area contributed by atoms with Crippen LogP contribution in [-0.2, 0) is 33.6 Å². The number of nitrogens with one attached hydrogen (secondary N) is 3. The molecule has 35 heavy (non-hydrogen) atoms. The molecule has 13 N–H and O–H groups in total. The van der Waals surface area contributed by atoms with Crippen LogP contribution in [0.4, 0.5) is 0 Å². The summed E-state index contributed by atoms with van der Waals surface area (Å²) in [6, 6.07) is -5.83. The third kappa shape index (κ3) is 13.5. The maximum atomic E-state index is 12.8. The second-order valence-electron chi connectivity index (χ2n) is 7.69. The van der Waals surface area contributed by atoms with E-state index in [2.05, 4.69) is 16.0 Å². The highest BCUT2D eigenvalue weighted by atomic mass is 16.4. The number of carbonyl (C=O) groups excluding carboxylic acids is 5. The van der Waals surface area contributed by atoms with Gasteiger partial charge in [-0.3, -0.25) is 28.8 Å². The molecule has 5 amide bonds. The van der Waals surface area contributed by atoms with Crippen molar-refractivity contribution in [2.75, 3.05) is 6.54 Å². The standard InChI is InChI=1S/C19H33N7O9/c20-6-2-1-3-10(17(32)25-11(19(34)35)4-5-15(29)30)24-18(33)12(8-14(23)28)26-16(31)9(21)7-13(22)27/h9-12H,1-8,20-21H2,(H2,22,27)(H2,23,28)(H,24,33)(H,25,32)(H,26,31)(H,29,30)(H,34,35). The molecule has 16 nitrogen and oxygen atoms in total. The van der Waals surface area contributed by atoms with E-state index in [-0.39, 0.29) is 13.0 Å². The van der Waals surface area contributed by atoms with Crippen molar-refractivity contribution in [2.24, 2.45) is 22.9 Å². The van der Waals surface area contributed by atoms with Gasteiger partial charge in [0.2, 0.25) is 29.5 Å². The van der Waals surface area contributed by atoms with Crippen LogP contribution in [0.25, 0.3) is 0 Å². The lowest BCUT2D eigenvalue weighted by atomic mass is 10.1. The number of carboxylic acid groups (broad SMARTS) is 2. The van der Waals surface area contributed by atoms with Crippen molar-refractivity contribution in [1.82, 2.24) is 16.0 Å². The summed E-state index contributed by atoms with van der Waals surface area (Å²) in [6.45, 7) is 0.275. The largest absolute Gasteiger partial charge is 0.481 e. The Morgan fingerprint density at radius 2 is 1.20 bits per heavy atom. The van der Waals surface area contributed by atoms with Gasteiger partial charge in [0.25, 0.3) is 0 Å². The summed E-state index contributed by atoms with van der Waals surface area (Å²) in [7, 11) is 0. The molecule has 0 spiro atoms. The summed E-state index contributed by atoms with van der Waals surface area (Å²) in [5.74, 6) is -7.51. The number of carboxylic acids is 2. The van der Waals surface area contributed by atoms with Crippen LogP contribution in [0.2, 0.25) is 0 Å². The fourth-order valence-electron chi connectivity index (χ4n) is 2.83. The fraction of sp³-hybridized carbons (Fsp3) is 0.632. The molecule has 0 aromatic rings. The zero-order chi connectivity index (χ0) is 27.1. The molecule has 4 unspecified atom stereocenters. The van der Waals surface area contributed by atoms with E-state index in [9.17, 15) is 38.7 Å². The molecule has 0 aromatic heterocycles. The molecule has 16 heteroatoms. The van der Waals surface area contributed by atoms with E-state index in [0.29, 0.717) is 12.8 Å². The second kappa shape index (κ2) is 15.9. The summed E-state index contributed by atoms with van der Waals surface area (Å²) >= 11 is 0. The quantitative estimate of drug-likeness (QED) is 0.0804. The molecular weight excluding hydrogens is 470 g/mol. The lowest BCUT2D eigenvalue weighted by Gasteiger charge is -2.24. The molecule has 0 aliphatic rings. The van der Waals surface area contributed by atoms with Crippen molar-refractivity contribution in [3.63, 3.8) is 0 Å². The van der Waals surface area contributed by atoms with Crippen LogP contribution in [0.15, 0.2) is 0 Å². The number of aliphatic carboxylic acids is 2. The van der Waals surface area contributed by atoms with Gasteiger partial charge in [-0.2, -0.15) is 0 Å². The van der Waals surface area contributed by atoms with Gasteiger partial charge in [0, 0.05) is 6.42 Å². The Hall–Kier alpha value is -3.79. The van der Waals surface area contributed by atoms with Gasteiger partial charge in [0.05, 0.1) is 18.9 Å². The molecule has 0 saturated heterocycles. The summed E-state index contributed by atoms with van der Waals surface area (Å²) in [6.07, 6.45) is -1.32. The minimum Gasteiger partial charge on any atom is -0.481 e. The van der Waals surface area contributed by atoms with Gasteiger partial charge in [0.15, 0.2) is 0 Å². The Morgan fingerprint density at radius 3 is 1.69 bits per heavy atom. The zero-order valence-corrected chi connectivity index (χ0v) is 19.0. The molecule has 198 valence electrons. The molecule has 0 aliphatic heterocycles. The highest BCUT2D eigenvalue weighted by molar-refractivity contribution is 5.96. The van der Waals surface area contributed by atoms with Gasteiger partial charge in [-0.05, 0) is 32.2 Å². The molecule has 0 radical (unpaired) electrons. The number of carbonyl (C=O) groups is 7. The number of hydrogen-bond donors (Lipinski definition) is 9. The maximum Gasteiger partial charge on any atom is 0.326 e. The van der Waals surface area contributed by atoms with E-state index in [1.165, 1.54) is 0 Å². The summed E-state index contributed by atoms with van der Waals surface area (Å²) in [5.41, 5.74) is 21.1. The average Bonchev–Trinajstić information content (AvgIpc) is 2.73. The highest BCUT2D eigenvalue weighted by Gasteiger charge is 2.31. The Bertz CT molecular complexity index is 806. The second-order valence-corrected chi connectivity index (χ2v) is 7.69. The lowest BCUT2D eigenvalue weighted by Crippen LogP contribution is -2.58. The summed E-state index contributed by atoms with van der Waals surface area (Å²) in [5, 5.41) is 24.7. The van der Waals surface area contributed by atoms with Gasteiger partial charge in [-0.15, -0.1) is 0 Å². The number of rotatable bonds is 18. The monoisotopic (exact) mass is 503 g/mol. The lowest BCUT2D eigenvalue weighted by molar-refractivity contribution is -0.143. The minimum absolute atomic E-state index is 0.0124. The molecule has 0 saturated carbocycles. The van der Waals surface area contributed by atoms with Gasteiger partial charge in [0.1, 0.15) is 18.1 Å². The summed E-state index contributed by atoms with van der Waals surface area (Å²) in [4.78, 5) is 82.1. The van der Waals surface area contributed by atoms with Crippen LogP contribution in [0, 0.1) is 0 Å². The number of nitrogens with two attached hydrogens (primary N) is 4. The van der Waals surface area contributed by atoms with E-state index in [1.807, 2.05) is 0 Å². The first-order valence-corrected chi connectivity index (χ1v) is 10.7. The van der Waals surface area contributed by atoms with E-state index in [0.717, 1.165) is 0 Å². The van der Waals surface area contributed by atoms with E-state index < -0.39 is 91.3 Å². The molecule has 0 heterocycles. The first-order chi connectivity index (χ1) is 16.3. The maximum absolute atomic E-state index is 12.8. The molecule has 0 rings (SSSR count). The molecule has 0 aliphatic carbocycles. The van der Waals surface area contributed by atoms with Crippen LogP contribution < -0.4 is 38.9 Å². The normalized spacial score (nSPS) is 14.0. The number of amides is 5. The third-order valence-electron chi connectivity index (χ3n) is 4.64. The SMILES string of the molecule is NCCCCC(NC(=O)C(CC(N)=O)NC(=O)C(N)CC(N)=O)C(=O)NC(CCC(=O)O)C(=O)O. The number of unbranched alkanes of at least 4 members (excludes halogenated alkanes) is 1.